The fourth-order valence-corrected chi connectivity index (χ4v) is 8.23. The normalized spacial score (nSPS) is 30.4. The second-order valence-electron chi connectivity index (χ2n) is 10.1. The van der Waals surface area contributed by atoms with Crippen LogP contribution in [-0.4, -0.2) is 41.4 Å². The van der Waals surface area contributed by atoms with Gasteiger partial charge in [0.15, 0.2) is 0 Å². The Morgan fingerprint density at radius 3 is 2.46 bits per heavy atom. The molecule has 2 heterocycles. The molecule has 0 spiro atoms. The lowest BCUT2D eigenvalue weighted by atomic mass is 9.54. The van der Waals surface area contributed by atoms with Gasteiger partial charge in [0, 0.05) is 17.7 Å². The molecule has 35 heavy (non-hydrogen) atoms. The van der Waals surface area contributed by atoms with Crippen LogP contribution in [0.2, 0.25) is 0 Å². The van der Waals surface area contributed by atoms with E-state index in [0.717, 1.165) is 11.8 Å². The monoisotopic (exact) mass is 509 g/mol. The molecule has 1 aromatic carbocycles. The molecule has 6 nitrogen and oxygen atoms in total. The van der Waals surface area contributed by atoms with E-state index in [0.29, 0.717) is 49.5 Å². The van der Waals surface area contributed by atoms with E-state index >= 15 is 0 Å². The SMILES string of the molecule is COC(=O)c1cc(-c2ccc(C=C3SC(=S)N(C4C5CC6CC(C5)CC4C6)C3=O)o2)ccc1OC. The van der Waals surface area contributed by atoms with Crippen molar-refractivity contribution in [1.29, 1.82) is 0 Å². The average molecular weight is 510 g/mol. The van der Waals surface area contributed by atoms with Crippen LogP contribution >= 0.6 is 24.0 Å². The van der Waals surface area contributed by atoms with Crippen LogP contribution in [0.4, 0.5) is 0 Å². The van der Waals surface area contributed by atoms with Crippen LogP contribution in [0.15, 0.2) is 39.7 Å². The van der Waals surface area contributed by atoms with Crippen LogP contribution in [0.5, 0.6) is 5.75 Å². The van der Waals surface area contributed by atoms with Crippen LogP contribution in [0, 0.1) is 23.7 Å². The van der Waals surface area contributed by atoms with E-state index < -0.39 is 5.97 Å². The van der Waals surface area contributed by atoms with E-state index in [2.05, 4.69) is 0 Å². The predicted molar refractivity (Wildman–Crippen MR) is 138 cm³/mol. The second-order valence-corrected chi connectivity index (χ2v) is 11.8. The van der Waals surface area contributed by atoms with Crippen molar-refractivity contribution >= 4 is 46.3 Å². The van der Waals surface area contributed by atoms with Gasteiger partial charge in [-0.1, -0.05) is 24.0 Å². The number of carbonyl (C=O) groups is 2. The van der Waals surface area contributed by atoms with Crippen LogP contribution in [0.3, 0.4) is 0 Å². The molecular formula is C27H27NO5S2. The van der Waals surface area contributed by atoms with Crippen molar-refractivity contribution in [1.82, 2.24) is 4.90 Å². The number of amides is 1. The summed E-state index contributed by atoms with van der Waals surface area (Å²) in [5.74, 6) is 3.98. The van der Waals surface area contributed by atoms with Crippen LogP contribution in [-0.2, 0) is 9.53 Å². The van der Waals surface area contributed by atoms with Gasteiger partial charge in [0.25, 0.3) is 5.91 Å². The number of esters is 1. The van der Waals surface area contributed by atoms with E-state index in [1.165, 1.54) is 58.1 Å². The van der Waals surface area contributed by atoms with Crippen LogP contribution in [0.1, 0.15) is 48.2 Å². The number of carbonyl (C=O) groups excluding carboxylic acids is 2. The minimum Gasteiger partial charge on any atom is -0.496 e. The summed E-state index contributed by atoms with van der Waals surface area (Å²) in [6.45, 7) is 0. The minimum absolute atomic E-state index is 0.00727. The zero-order valence-electron chi connectivity index (χ0n) is 19.7. The topological polar surface area (TPSA) is 69.0 Å². The van der Waals surface area contributed by atoms with Gasteiger partial charge in [-0.25, -0.2) is 4.79 Å². The molecule has 4 bridgehead atoms. The third-order valence-electron chi connectivity index (χ3n) is 8.09. The highest BCUT2D eigenvalue weighted by molar-refractivity contribution is 8.26. The van der Waals surface area contributed by atoms with Gasteiger partial charge in [0.05, 0.1) is 19.1 Å². The average Bonchev–Trinajstić information content (AvgIpc) is 3.42. The maximum atomic E-state index is 13.5. The molecule has 7 rings (SSSR count). The summed E-state index contributed by atoms with van der Waals surface area (Å²) in [6.07, 6.45) is 8.13. The Balaban J connectivity index is 1.24. The smallest absolute Gasteiger partial charge is 0.341 e. The van der Waals surface area contributed by atoms with Gasteiger partial charge in [-0.2, -0.15) is 0 Å². The van der Waals surface area contributed by atoms with E-state index in [1.54, 1.807) is 18.2 Å². The zero-order valence-corrected chi connectivity index (χ0v) is 21.3. The Bertz CT molecular complexity index is 1220. The first kappa shape index (κ1) is 22.9. The lowest BCUT2D eigenvalue weighted by Crippen LogP contribution is -2.57. The highest BCUT2D eigenvalue weighted by Gasteiger charge is 2.53. The zero-order chi connectivity index (χ0) is 24.3. The van der Waals surface area contributed by atoms with Crippen molar-refractivity contribution in [3.63, 3.8) is 0 Å². The van der Waals surface area contributed by atoms with Crippen molar-refractivity contribution in [2.45, 2.75) is 38.1 Å². The number of thioether (sulfide) groups is 1. The molecule has 0 unspecified atom stereocenters. The van der Waals surface area contributed by atoms with E-state index in [9.17, 15) is 9.59 Å². The lowest BCUT2D eigenvalue weighted by Gasteiger charge is -2.56. The summed E-state index contributed by atoms with van der Waals surface area (Å²) in [7, 11) is 2.84. The molecule has 0 radical (unpaired) electrons. The van der Waals surface area contributed by atoms with Crippen molar-refractivity contribution in [2.24, 2.45) is 23.7 Å². The molecule has 5 aliphatic rings. The number of methoxy groups -OCH3 is 2. The molecule has 1 aromatic heterocycles. The van der Waals surface area contributed by atoms with Crippen LogP contribution < -0.4 is 4.74 Å². The van der Waals surface area contributed by atoms with Gasteiger partial charge in [0.2, 0.25) is 0 Å². The molecule has 0 atom stereocenters. The predicted octanol–water partition coefficient (Wildman–Crippen LogP) is 5.77. The van der Waals surface area contributed by atoms with E-state index in [-0.39, 0.29) is 11.9 Å². The first-order valence-corrected chi connectivity index (χ1v) is 13.3. The number of benzene rings is 1. The van der Waals surface area contributed by atoms with Gasteiger partial charge in [-0.15, -0.1) is 0 Å². The largest absolute Gasteiger partial charge is 0.496 e. The van der Waals surface area contributed by atoms with E-state index in [1.807, 2.05) is 23.1 Å². The first-order valence-electron chi connectivity index (χ1n) is 12.1. The Hall–Kier alpha value is -2.58. The Morgan fingerprint density at radius 2 is 1.80 bits per heavy atom. The number of rotatable bonds is 5. The summed E-state index contributed by atoms with van der Waals surface area (Å²) in [4.78, 5) is 28.2. The summed E-state index contributed by atoms with van der Waals surface area (Å²) in [6, 6.07) is 9.11. The summed E-state index contributed by atoms with van der Waals surface area (Å²) >= 11 is 7.08. The number of hydrogen-bond donors (Lipinski definition) is 0. The highest BCUT2D eigenvalue weighted by atomic mass is 32.2. The Kier molecular flexibility index (Phi) is 5.76. The fraction of sp³-hybridized carbons (Fsp3) is 0.444. The van der Waals surface area contributed by atoms with Crippen molar-refractivity contribution in [3.8, 4) is 17.1 Å². The molecule has 4 saturated carbocycles. The molecule has 4 aliphatic carbocycles. The third-order valence-corrected chi connectivity index (χ3v) is 9.42. The number of hydrogen-bond acceptors (Lipinski definition) is 7. The van der Waals surface area contributed by atoms with Gasteiger partial charge >= 0.3 is 5.97 Å². The number of nitrogens with zero attached hydrogens (tertiary/aromatic N) is 1. The second kappa shape index (κ2) is 8.82. The van der Waals surface area contributed by atoms with Crippen molar-refractivity contribution in [3.05, 3.63) is 46.6 Å². The number of furan rings is 1. The number of ether oxygens (including phenoxy) is 2. The molecule has 1 amide bonds. The first-order chi connectivity index (χ1) is 16.9. The molecule has 5 fully saturated rings. The quantitative estimate of drug-likeness (QED) is 0.288. The molecule has 2 aromatic rings. The molecule has 0 N–H and O–H groups in total. The molecule has 182 valence electrons. The maximum absolute atomic E-state index is 13.5. The summed E-state index contributed by atoms with van der Waals surface area (Å²) < 4.78 is 16.8. The molecular weight excluding hydrogens is 482 g/mol. The number of thiocarbonyl (C=S) groups is 1. The molecule has 8 heteroatoms. The van der Waals surface area contributed by atoms with Gasteiger partial charge in [-0.3, -0.25) is 9.69 Å². The highest BCUT2D eigenvalue weighted by Crippen LogP contribution is 2.56. The van der Waals surface area contributed by atoms with Crippen molar-refractivity contribution in [2.75, 3.05) is 14.2 Å². The van der Waals surface area contributed by atoms with Crippen LogP contribution in [0.25, 0.3) is 17.4 Å². The van der Waals surface area contributed by atoms with Gasteiger partial charge < -0.3 is 13.9 Å². The Labute approximate surface area is 214 Å². The summed E-state index contributed by atoms with van der Waals surface area (Å²) in [5.41, 5.74) is 1.04. The lowest BCUT2D eigenvalue weighted by molar-refractivity contribution is -0.130. The fourth-order valence-electron chi connectivity index (χ4n) is 6.90. The van der Waals surface area contributed by atoms with Crippen molar-refractivity contribution < 1.29 is 23.5 Å². The maximum Gasteiger partial charge on any atom is 0.341 e. The minimum atomic E-state index is -0.482. The molecule has 1 saturated heterocycles. The van der Waals surface area contributed by atoms with Gasteiger partial charge in [-0.05, 0) is 86.1 Å². The standard InChI is InChI=1S/C27H27NO5S2/c1-31-22-5-3-16(12-20(22)26(30)32-2)21-6-4-19(33-21)13-23-25(29)28(27(34)35-23)24-17-8-14-7-15(10-17)11-18(24)9-14/h3-6,12-15,17-18,24H,7-11H2,1-2H3. The van der Waals surface area contributed by atoms with E-state index in [4.69, 9.17) is 26.1 Å². The molecule has 1 aliphatic heterocycles. The Morgan fingerprint density at radius 1 is 1.09 bits per heavy atom. The third kappa shape index (κ3) is 3.91. The summed E-state index contributed by atoms with van der Waals surface area (Å²) in [5, 5.41) is 0. The van der Waals surface area contributed by atoms with Gasteiger partial charge in [0.1, 0.15) is 27.2 Å².